The molecule has 12 heavy (non-hydrogen) atoms. The average Bonchev–Trinajstić information content (AvgIpc) is 2.81. The zero-order valence-corrected chi connectivity index (χ0v) is 8.33. The van der Waals surface area contributed by atoms with Crippen LogP contribution in [0.2, 0.25) is 0 Å². The van der Waals surface area contributed by atoms with Gasteiger partial charge in [0.05, 0.1) is 6.61 Å². The lowest BCUT2D eigenvalue weighted by Crippen LogP contribution is -2.00. The standard InChI is InChI=1S/C10H11BrO/c11-10-6-8(10)7-12-9-4-2-1-3-5-9/h1-5,8,10H,6-7H2. The Labute approximate surface area is 80.9 Å². The molecule has 2 atom stereocenters. The first kappa shape index (κ1) is 8.11. The van der Waals surface area contributed by atoms with E-state index in [0.717, 1.165) is 18.3 Å². The molecule has 0 aromatic heterocycles. The summed E-state index contributed by atoms with van der Waals surface area (Å²) in [7, 11) is 0. The second kappa shape index (κ2) is 3.48. The SMILES string of the molecule is BrC1CC1COc1ccccc1. The van der Waals surface area contributed by atoms with Crippen molar-refractivity contribution in [2.24, 2.45) is 5.92 Å². The molecule has 0 amide bonds. The van der Waals surface area contributed by atoms with Crippen molar-refractivity contribution in [2.45, 2.75) is 11.2 Å². The summed E-state index contributed by atoms with van der Waals surface area (Å²) in [5, 5.41) is 0. The molecule has 1 aliphatic rings. The minimum atomic E-state index is 0.696. The van der Waals surface area contributed by atoms with Crippen molar-refractivity contribution in [3.05, 3.63) is 30.3 Å². The van der Waals surface area contributed by atoms with E-state index in [2.05, 4.69) is 15.9 Å². The monoisotopic (exact) mass is 226 g/mol. The molecule has 1 aromatic carbocycles. The first-order valence-corrected chi connectivity index (χ1v) is 5.10. The van der Waals surface area contributed by atoms with Gasteiger partial charge in [-0.15, -0.1) is 0 Å². The van der Waals surface area contributed by atoms with Crippen molar-refractivity contribution in [3.63, 3.8) is 0 Å². The fourth-order valence-electron chi connectivity index (χ4n) is 1.10. The van der Waals surface area contributed by atoms with Crippen LogP contribution in [0.3, 0.4) is 0 Å². The third-order valence-corrected chi connectivity index (χ3v) is 3.17. The molecule has 1 nitrogen and oxygen atoms in total. The summed E-state index contributed by atoms with van der Waals surface area (Å²) in [5.74, 6) is 1.70. The number of para-hydroxylation sites is 1. The highest BCUT2D eigenvalue weighted by Gasteiger charge is 2.34. The van der Waals surface area contributed by atoms with Crippen molar-refractivity contribution in [1.29, 1.82) is 0 Å². The Balaban J connectivity index is 1.80. The van der Waals surface area contributed by atoms with Gasteiger partial charge in [0.1, 0.15) is 5.75 Å². The minimum Gasteiger partial charge on any atom is -0.493 e. The van der Waals surface area contributed by atoms with Gasteiger partial charge in [-0.1, -0.05) is 34.1 Å². The number of rotatable bonds is 3. The van der Waals surface area contributed by atoms with Crippen molar-refractivity contribution in [1.82, 2.24) is 0 Å². The number of benzene rings is 1. The summed E-state index contributed by atoms with van der Waals surface area (Å²) in [5.41, 5.74) is 0. The van der Waals surface area contributed by atoms with E-state index in [1.807, 2.05) is 30.3 Å². The molecule has 0 radical (unpaired) electrons. The van der Waals surface area contributed by atoms with E-state index in [1.165, 1.54) is 6.42 Å². The number of hydrogen-bond donors (Lipinski definition) is 0. The van der Waals surface area contributed by atoms with Crippen LogP contribution in [0.4, 0.5) is 0 Å². The topological polar surface area (TPSA) is 9.23 Å². The van der Waals surface area contributed by atoms with Gasteiger partial charge in [-0.2, -0.15) is 0 Å². The second-order valence-corrected chi connectivity index (χ2v) is 4.31. The van der Waals surface area contributed by atoms with Crippen LogP contribution in [-0.4, -0.2) is 11.4 Å². The summed E-state index contributed by atoms with van der Waals surface area (Å²) >= 11 is 3.54. The van der Waals surface area contributed by atoms with E-state index in [0.29, 0.717) is 4.83 Å². The summed E-state index contributed by atoms with van der Waals surface area (Å²) in [6.45, 7) is 0.847. The summed E-state index contributed by atoms with van der Waals surface area (Å²) < 4.78 is 5.57. The van der Waals surface area contributed by atoms with Crippen molar-refractivity contribution >= 4 is 15.9 Å². The van der Waals surface area contributed by atoms with E-state index < -0.39 is 0 Å². The van der Waals surface area contributed by atoms with E-state index in [4.69, 9.17) is 4.74 Å². The van der Waals surface area contributed by atoms with Crippen LogP contribution in [-0.2, 0) is 0 Å². The molecule has 2 unspecified atom stereocenters. The van der Waals surface area contributed by atoms with Gasteiger partial charge in [0.2, 0.25) is 0 Å². The van der Waals surface area contributed by atoms with Crippen LogP contribution < -0.4 is 4.74 Å². The van der Waals surface area contributed by atoms with Crippen LogP contribution in [0.5, 0.6) is 5.75 Å². The van der Waals surface area contributed by atoms with Crippen LogP contribution >= 0.6 is 15.9 Å². The molecule has 2 rings (SSSR count). The third kappa shape index (κ3) is 2.01. The maximum Gasteiger partial charge on any atom is 0.119 e. The van der Waals surface area contributed by atoms with Gasteiger partial charge < -0.3 is 4.74 Å². The number of halogens is 1. The molecule has 0 saturated heterocycles. The fraction of sp³-hybridized carbons (Fsp3) is 0.400. The molecule has 1 aromatic rings. The number of ether oxygens (including phenoxy) is 1. The molecular weight excluding hydrogens is 216 g/mol. The van der Waals surface area contributed by atoms with Crippen molar-refractivity contribution < 1.29 is 4.74 Å². The predicted molar refractivity (Wildman–Crippen MR) is 52.8 cm³/mol. The van der Waals surface area contributed by atoms with Gasteiger partial charge in [-0.3, -0.25) is 0 Å². The average molecular weight is 227 g/mol. The first-order chi connectivity index (χ1) is 5.86. The van der Waals surface area contributed by atoms with Gasteiger partial charge in [-0.05, 0) is 18.6 Å². The zero-order valence-electron chi connectivity index (χ0n) is 6.74. The Bertz CT molecular complexity index is 247. The highest BCUT2D eigenvalue weighted by molar-refractivity contribution is 9.09. The van der Waals surface area contributed by atoms with Crippen LogP contribution in [0.15, 0.2) is 30.3 Å². The van der Waals surface area contributed by atoms with E-state index in [-0.39, 0.29) is 0 Å². The quantitative estimate of drug-likeness (QED) is 0.721. The van der Waals surface area contributed by atoms with Gasteiger partial charge in [-0.25, -0.2) is 0 Å². The molecular formula is C10H11BrO. The Hall–Kier alpha value is -0.500. The molecule has 0 heterocycles. The fourth-order valence-corrected chi connectivity index (χ4v) is 1.74. The minimum absolute atomic E-state index is 0.696. The molecule has 0 bridgehead atoms. The number of alkyl halides is 1. The lowest BCUT2D eigenvalue weighted by Gasteiger charge is -2.03. The highest BCUT2D eigenvalue weighted by atomic mass is 79.9. The highest BCUT2D eigenvalue weighted by Crippen LogP contribution is 2.37. The maximum atomic E-state index is 5.57. The molecule has 1 aliphatic carbocycles. The molecule has 0 N–H and O–H groups in total. The smallest absolute Gasteiger partial charge is 0.119 e. The first-order valence-electron chi connectivity index (χ1n) is 4.18. The third-order valence-electron chi connectivity index (χ3n) is 2.04. The van der Waals surface area contributed by atoms with E-state index >= 15 is 0 Å². The normalized spacial score (nSPS) is 26.8. The summed E-state index contributed by atoms with van der Waals surface area (Å²) in [4.78, 5) is 0.696. The van der Waals surface area contributed by atoms with Gasteiger partial charge in [0.25, 0.3) is 0 Å². The van der Waals surface area contributed by atoms with Crippen LogP contribution in [0, 0.1) is 5.92 Å². The largest absolute Gasteiger partial charge is 0.493 e. The van der Waals surface area contributed by atoms with Gasteiger partial charge >= 0.3 is 0 Å². The Kier molecular flexibility index (Phi) is 2.35. The molecule has 0 spiro atoms. The zero-order chi connectivity index (χ0) is 8.39. The van der Waals surface area contributed by atoms with E-state index in [1.54, 1.807) is 0 Å². The molecule has 64 valence electrons. The Morgan fingerprint density at radius 2 is 2.00 bits per heavy atom. The van der Waals surface area contributed by atoms with Crippen molar-refractivity contribution in [2.75, 3.05) is 6.61 Å². The maximum absolute atomic E-state index is 5.57. The van der Waals surface area contributed by atoms with E-state index in [9.17, 15) is 0 Å². The predicted octanol–water partition coefficient (Wildman–Crippen LogP) is 2.85. The lowest BCUT2D eigenvalue weighted by molar-refractivity contribution is 0.300. The lowest BCUT2D eigenvalue weighted by atomic mass is 10.3. The molecule has 0 aliphatic heterocycles. The van der Waals surface area contributed by atoms with Crippen LogP contribution in [0.25, 0.3) is 0 Å². The number of hydrogen-bond acceptors (Lipinski definition) is 1. The molecule has 1 fully saturated rings. The van der Waals surface area contributed by atoms with Gasteiger partial charge in [0.15, 0.2) is 0 Å². The van der Waals surface area contributed by atoms with Gasteiger partial charge in [0, 0.05) is 10.7 Å². The van der Waals surface area contributed by atoms with Crippen molar-refractivity contribution in [3.8, 4) is 5.75 Å². The summed E-state index contributed by atoms with van der Waals surface area (Å²) in [6.07, 6.45) is 1.26. The second-order valence-electron chi connectivity index (χ2n) is 3.14. The van der Waals surface area contributed by atoms with Crippen LogP contribution in [0.1, 0.15) is 6.42 Å². The Morgan fingerprint density at radius 1 is 1.33 bits per heavy atom. The summed E-state index contributed by atoms with van der Waals surface area (Å²) in [6, 6.07) is 9.97. The molecule has 2 heteroatoms. The molecule has 1 saturated carbocycles. The Morgan fingerprint density at radius 3 is 2.58 bits per heavy atom.